The van der Waals surface area contributed by atoms with Gasteiger partial charge in [-0.25, -0.2) is 4.39 Å². The molecule has 0 bridgehead atoms. The molecule has 3 nitrogen and oxygen atoms in total. The van der Waals surface area contributed by atoms with Gasteiger partial charge in [-0.2, -0.15) is 0 Å². The van der Waals surface area contributed by atoms with Crippen LogP contribution < -0.4 is 11.1 Å². The van der Waals surface area contributed by atoms with Crippen molar-refractivity contribution in [3.05, 3.63) is 23.5 Å². The molecule has 0 spiro atoms. The summed E-state index contributed by atoms with van der Waals surface area (Å²) in [6.07, 6.45) is 1.54. The van der Waals surface area contributed by atoms with Crippen LogP contribution in [0.2, 0.25) is 0 Å². The van der Waals surface area contributed by atoms with Crippen molar-refractivity contribution in [1.29, 1.82) is 0 Å². The van der Waals surface area contributed by atoms with E-state index in [0.717, 1.165) is 25.1 Å². The zero-order valence-corrected chi connectivity index (χ0v) is 9.33. The average Bonchev–Trinajstić information content (AvgIpc) is 2.18. The maximum atomic E-state index is 13.1. The van der Waals surface area contributed by atoms with Crippen LogP contribution in [-0.4, -0.2) is 17.8 Å². The van der Waals surface area contributed by atoms with E-state index in [1.165, 1.54) is 6.07 Å². The highest BCUT2D eigenvalue weighted by molar-refractivity contribution is 5.67. The molecule has 1 aromatic rings. The molecule has 0 aliphatic heterocycles. The van der Waals surface area contributed by atoms with Crippen molar-refractivity contribution >= 4 is 11.4 Å². The minimum absolute atomic E-state index is 0.140. The number of hydrogen-bond donors (Lipinski definition) is 3. The van der Waals surface area contributed by atoms with E-state index in [-0.39, 0.29) is 11.9 Å². The number of rotatable bonds is 3. The fourth-order valence-corrected chi connectivity index (χ4v) is 1.97. The quantitative estimate of drug-likeness (QED) is 0.687. The first kappa shape index (κ1) is 11.2. The number of benzene rings is 1. The molecule has 1 aromatic carbocycles. The smallest absolute Gasteiger partial charge is 0.128 e. The summed E-state index contributed by atoms with van der Waals surface area (Å²) < 4.78 is 13.1. The van der Waals surface area contributed by atoms with Gasteiger partial charge in [0.2, 0.25) is 0 Å². The standard InChI is InChI=1S/C12H17FN2O/c1-7-2-12(11(14)5-10(7)13)15-6-8-3-9(16)4-8/h2,5,8-9,15-16H,3-4,6,14H2,1H3. The summed E-state index contributed by atoms with van der Waals surface area (Å²) >= 11 is 0. The van der Waals surface area contributed by atoms with E-state index in [4.69, 9.17) is 10.8 Å². The highest BCUT2D eigenvalue weighted by atomic mass is 19.1. The van der Waals surface area contributed by atoms with E-state index in [9.17, 15) is 4.39 Å². The van der Waals surface area contributed by atoms with Crippen LogP contribution in [0.4, 0.5) is 15.8 Å². The number of anilines is 2. The molecule has 88 valence electrons. The number of aliphatic hydroxyl groups excluding tert-OH is 1. The molecular formula is C12H17FN2O. The maximum absolute atomic E-state index is 13.1. The van der Waals surface area contributed by atoms with Gasteiger partial charge in [0.25, 0.3) is 0 Å². The van der Waals surface area contributed by atoms with Crippen LogP contribution in [0, 0.1) is 18.7 Å². The van der Waals surface area contributed by atoms with Gasteiger partial charge in [-0.05, 0) is 43.4 Å². The summed E-state index contributed by atoms with van der Waals surface area (Å²) in [4.78, 5) is 0. The largest absolute Gasteiger partial charge is 0.397 e. The Labute approximate surface area is 94.5 Å². The Morgan fingerprint density at radius 2 is 2.19 bits per heavy atom. The molecule has 0 amide bonds. The zero-order chi connectivity index (χ0) is 11.7. The second kappa shape index (κ2) is 4.29. The van der Waals surface area contributed by atoms with Crippen LogP contribution in [0.1, 0.15) is 18.4 Å². The molecule has 2 rings (SSSR count). The lowest BCUT2D eigenvalue weighted by molar-refractivity contribution is 0.0487. The summed E-state index contributed by atoms with van der Waals surface area (Å²) in [5.74, 6) is 0.224. The van der Waals surface area contributed by atoms with Crippen LogP contribution in [0.3, 0.4) is 0 Å². The summed E-state index contributed by atoms with van der Waals surface area (Å²) in [5.41, 5.74) is 7.51. The fourth-order valence-electron chi connectivity index (χ4n) is 1.97. The SMILES string of the molecule is Cc1cc(NCC2CC(O)C2)c(N)cc1F. The second-order valence-electron chi connectivity index (χ2n) is 4.56. The molecule has 0 atom stereocenters. The average molecular weight is 224 g/mol. The first-order valence-corrected chi connectivity index (χ1v) is 5.54. The van der Waals surface area contributed by atoms with Gasteiger partial charge in [0.15, 0.2) is 0 Å². The van der Waals surface area contributed by atoms with E-state index < -0.39 is 0 Å². The van der Waals surface area contributed by atoms with Crippen molar-refractivity contribution < 1.29 is 9.50 Å². The molecule has 1 fully saturated rings. The number of nitrogens with two attached hydrogens (primary N) is 1. The number of nitrogen functional groups attached to an aromatic ring is 1. The van der Waals surface area contributed by atoms with Crippen LogP contribution in [0.5, 0.6) is 0 Å². The highest BCUT2D eigenvalue weighted by Gasteiger charge is 2.26. The van der Waals surface area contributed by atoms with Crippen molar-refractivity contribution in [3.8, 4) is 0 Å². The molecule has 1 saturated carbocycles. The Morgan fingerprint density at radius 3 is 2.81 bits per heavy atom. The molecule has 0 heterocycles. The Balaban J connectivity index is 1.96. The molecule has 1 aliphatic carbocycles. The van der Waals surface area contributed by atoms with E-state index in [1.807, 2.05) is 0 Å². The molecule has 0 radical (unpaired) electrons. The minimum atomic E-state index is -0.276. The molecule has 0 unspecified atom stereocenters. The lowest BCUT2D eigenvalue weighted by Gasteiger charge is -2.31. The molecular weight excluding hydrogens is 207 g/mol. The van der Waals surface area contributed by atoms with Gasteiger partial charge in [-0.1, -0.05) is 0 Å². The van der Waals surface area contributed by atoms with Gasteiger partial charge in [-0.15, -0.1) is 0 Å². The van der Waals surface area contributed by atoms with Gasteiger partial charge in [0.1, 0.15) is 5.82 Å². The van der Waals surface area contributed by atoms with Crippen LogP contribution in [0.15, 0.2) is 12.1 Å². The van der Waals surface area contributed by atoms with Gasteiger partial charge in [0.05, 0.1) is 17.5 Å². The van der Waals surface area contributed by atoms with Crippen LogP contribution in [-0.2, 0) is 0 Å². The summed E-state index contributed by atoms with van der Waals surface area (Å²) in [5, 5.41) is 12.3. The number of halogens is 1. The molecule has 4 heteroatoms. The normalized spacial score (nSPS) is 23.9. The zero-order valence-electron chi connectivity index (χ0n) is 9.33. The van der Waals surface area contributed by atoms with Crippen molar-refractivity contribution in [1.82, 2.24) is 0 Å². The van der Waals surface area contributed by atoms with Crippen LogP contribution in [0.25, 0.3) is 0 Å². The molecule has 16 heavy (non-hydrogen) atoms. The van der Waals surface area contributed by atoms with Gasteiger partial charge >= 0.3 is 0 Å². The Kier molecular flexibility index (Phi) is 3.01. The van der Waals surface area contributed by atoms with Gasteiger partial charge in [0, 0.05) is 6.54 Å². The third-order valence-corrected chi connectivity index (χ3v) is 3.12. The molecule has 0 aromatic heterocycles. The third-order valence-electron chi connectivity index (χ3n) is 3.12. The maximum Gasteiger partial charge on any atom is 0.128 e. The van der Waals surface area contributed by atoms with Gasteiger partial charge in [-0.3, -0.25) is 0 Å². The first-order valence-electron chi connectivity index (χ1n) is 5.54. The lowest BCUT2D eigenvalue weighted by Crippen LogP contribution is -2.33. The monoisotopic (exact) mass is 224 g/mol. The summed E-state index contributed by atoms with van der Waals surface area (Å²) in [6, 6.07) is 3.06. The Morgan fingerprint density at radius 1 is 1.50 bits per heavy atom. The van der Waals surface area contributed by atoms with E-state index >= 15 is 0 Å². The highest BCUT2D eigenvalue weighted by Crippen LogP contribution is 2.29. The lowest BCUT2D eigenvalue weighted by atomic mass is 9.82. The summed E-state index contributed by atoms with van der Waals surface area (Å²) in [6.45, 7) is 2.50. The van der Waals surface area contributed by atoms with E-state index in [2.05, 4.69) is 5.32 Å². The predicted molar refractivity (Wildman–Crippen MR) is 62.8 cm³/mol. The third kappa shape index (κ3) is 2.27. The fraction of sp³-hybridized carbons (Fsp3) is 0.500. The Hall–Kier alpha value is -1.29. The second-order valence-corrected chi connectivity index (χ2v) is 4.56. The van der Waals surface area contributed by atoms with E-state index in [1.54, 1.807) is 13.0 Å². The van der Waals surface area contributed by atoms with E-state index in [0.29, 0.717) is 17.2 Å². The number of hydrogen-bond acceptors (Lipinski definition) is 3. The minimum Gasteiger partial charge on any atom is -0.397 e. The van der Waals surface area contributed by atoms with Crippen LogP contribution >= 0.6 is 0 Å². The molecule has 1 aliphatic rings. The number of nitrogens with one attached hydrogen (secondary N) is 1. The van der Waals surface area contributed by atoms with Crippen molar-refractivity contribution in [2.45, 2.75) is 25.9 Å². The predicted octanol–water partition coefficient (Wildman–Crippen LogP) is 1.90. The van der Waals surface area contributed by atoms with Gasteiger partial charge < -0.3 is 16.2 Å². The topological polar surface area (TPSA) is 58.3 Å². The molecule has 0 saturated heterocycles. The molecule has 4 N–H and O–H groups in total. The summed E-state index contributed by atoms with van der Waals surface area (Å²) in [7, 11) is 0. The number of aryl methyl sites for hydroxylation is 1. The van der Waals surface area contributed by atoms with Crippen molar-refractivity contribution in [2.75, 3.05) is 17.6 Å². The first-order chi connectivity index (χ1) is 7.56. The Bertz CT molecular complexity index is 389. The number of aliphatic hydroxyl groups is 1. The van der Waals surface area contributed by atoms with Crippen molar-refractivity contribution in [3.63, 3.8) is 0 Å². The van der Waals surface area contributed by atoms with Crippen molar-refractivity contribution in [2.24, 2.45) is 5.92 Å².